The van der Waals surface area contributed by atoms with E-state index in [0.29, 0.717) is 12.3 Å². The van der Waals surface area contributed by atoms with Crippen LogP contribution in [0.5, 0.6) is 0 Å². The molecule has 0 aromatic rings. The van der Waals surface area contributed by atoms with Crippen molar-refractivity contribution in [3.05, 3.63) is 0 Å². The number of hydrogen-bond donors (Lipinski definition) is 0. The second kappa shape index (κ2) is 5.91. The molecule has 0 atom stereocenters. The largest absolute Gasteiger partial charge is 0.283 e. The summed E-state index contributed by atoms with van der Waals surface area (Å²) in [5, 5.41) is -1.34. The lowest BCUT2D eigenvalue weighted by Crippen LogP contribution is -2.12. The van der Waals surface area contributed by atoms with Crippen molar-refractivity contribution in [3.8, 4) is 0 Å². The number of carbonyl (C=O) groups excluding carboxylic acids is 1. The standard InChI is InChI=1S/C8H15F2NO/c1-7(2)5-3-4-6-8(12)11(9)10/h7H,3-6H2,1-2H3. The number of unbranched alkanes of at least 4 members (excludes halogenated alkanes) is 1. The first-order valence-corrected chi connectivity index (χ1v) is 4.18. The Balaban J connectivity index is 3.26. The highest BCUT2D eigenvalue weighted by Crippen LogP contribution is 2.09. The van der Waals surface area contributed by atoms with Gasteiger partial charge in [0.1, 0.15) is 0 Å². The zero-order valence-electron chi connectivity index (χ0n) is 7.52. The molecule has 1 amide bonds. The highest BCUT2D eigenvalue weighted by Gasteiger charge is 2.10. The van der Waals surface area contributed by atoms with Crippen LogP contribution in [0, 0.1) is 5.92 Å². The molecule has 0 saturated heterocycles. The molecule has 12 heavy (non-hydrogen) atoms. The summed E-state index contributed by atoms with van der Waals surface area (Å²) in [7, 11) is 0. The van der Waals surface area contributed by atoms with Crippen molar-refractivity contribution in [1.29, 1.82) is 0 Å². The maximum atomic E-state index is 11.5. The fourth-order valence-electron chi connectivity index (χ4n) is 0.913. The molecule has 0 rings (SSSR count). The molecule has 0 fully saturated rings. The minimum atomic E-state index is -1.34. The van der Waals surface area contributed by atoms with E-state index in [1.54, 1.807) is 0 Å². The Hall–Kier alpha value is -0.670. The number of carbonyl (C=O) groups is 1. The maximum absolute atomic E-state index is 11.5. The Kier molecular flexibility index (Phi) is 5.58. The van der Waals surface area contributed by atoms with Gasteiger partial charge in [-0.1, -0.05) is 35.7 Å². The minimum Gasteiger partial charge on any atom is -0.269 e. The van der Waals surface area contributed by atoms with Crippen LogP contribution in [0.3, 0.4) is 0 Å². The molecule has 0 aliphatic rings. The van der Waals surface area contributed by atoms with E-state index < -0.39 is 11.3 Å². The van der Waals surface area contributed by atoms with Gasteiger partial charge in [-0.2, -0.15) is 0 Å². The predicted octanol–water partition coefficient (Wildman–Crippen LogP) is 2.80. The van der Waals surface area contributed by atoms with Crippen molar-refractivity contribution in [2.75, 3.05) is 0 Å². The second-order valence-electron chi connectivity index (χ2n) is 3.27. The lowest BCUT2D eigenvalue weighted by Gasteiger charge is -2.03. The third kappa shape index (κ3) is 6.07. The first-order chi connectivity index (χ1) is 5.54. The van der Waals surface area contributed by atoms with Crippen molar-refractivity contribution in [3.63, 3.8) is 0 Å². The van der Waals surface area contributed by atoms with Gasteiger partial charge in [-0.25, -0.2) is 0 Å². The molecule has 0 aromatic carbocycles. The van der Waals surface area contributed by atoms with Crippen LogP contribution < -0.4 is 0 Å². The quantitative estimate of drug-likeness (QED) is 0.469. The van der Waals surface area contributed by atoms with Gasteiger partial charge in [-0.3, -0.25) is 4.79 Å². The number of rotatable bonds is 5. The number of amides is 1. The highest BCUT2D eigenvalue weighted by atomic mass is 19.4. The molecule has 0 aliphatic carbocycles. The van der Waals surface area contributed by atoms with Crippen LogP contribution in [0.25, 0.3) is 0 Å². The zero-order valence-corrected chi connectivity index (χ0v) is 7.52. The molecule has 0 N–H and O–H groups in total. The topological polar surface area (TPSA) is 20.3 Å². The summed E-state index contributed by atoms with van der Waals surface area (Å²) >= 11 is 0. The average molecular weight is 179 g/mol. The average Bonchev–Trinajstić information content (AvgIpc) is 1.97. The van der Waals surface area contributed by atoms with Crippen molar-refractivity contribution in [1.82, 2.24) is 5.34 Å². The summed E-state index contributed by atoms with van der Waals surface area (Å²) < 4.78 is 23.0. The van der Waals surface area contributed by atoms with Crippen LogP contribution in [-0.4, -0.2) is 11.3 Å². The van der Waals surface area contributed by atoms with E-state index in [1.807, 2.05) is 0 Å². The van der Waals surface area contributed by atoms with Crippen LogP contribution in [0.2, 0.25) is 0 Å². The predicted molar refractivity (Wildman–Crippen MR) is 42.4 cm³/mol. The highest BCUT2D eigenvalue weighted by molar-refractivity contribution is 5.73. The molecule has 0 radical (unpaired) electrons. The Morgan fingerprint density at radius 3 is 2.33 bits per heavy atom. The van der Waals surface area contributed by atoms with Gasteiger partial charge >= 0.3 is 0 Å². The Bertz CT molecular complexity index is 137. The molecule has 4 heteroatoms. The zero-order chi connectivity index (χ0) is 9.56. The van der Waals surface area contributed by atoms with Crippen molar-refractivity contribution in [2.24, 2.45) is 5.92 Å². The summed E-state index contributed by atoms with van der Waals surface area (Å²) in [5.74, 6) is -0.509. The lowest BCUT2D eigenvalue weighted by molar-refractivity contribution is -0.187. The molecule has 0 saturated carbocycles. The Labute approximate surface area is 71.4 Å². The molecule has 72 valence electrons. The van der Waals surface area contributed by atoms with Gasteiger partial charge in [0.25, 0.3) is 5.91 Å². The van der Waals surface area contributed by atoms with Crippen LogP contribution in [0.1, 0.15) is 39.5 Å². The smallest absolute Gasteiger partial charge is 0.269 e. The molecule has 0 aromatic heterocycles. The number of halogens is 2. The van der Waals surface area contributed by atoms with Gasteiger partial charge < -0.3 is 0 Å². The molecule has 2 nitrogen and oxygen atoms in total. The van der Waals surface area contributed by atoms with Crippen LogP contribution in [0.4, 0.5) is 8.96 Å². The van der Waals surface area contributed by atoms with Crippen molar-refractivity contribution >= 4 is 5.91 Å². The molecule has 0 aliphatic heterocycles. The molecule has 0 heterocycles. The lowest BCUT2D eigenvalue weighted by atomic mass is 10.1. The summed E-state index contributed by atoms with van der Waals surface area (Å²) in [6.45, 7) is 4.14. The normalized spacial score (nSPS) is 10.4. The molecular weight excluding hydrogens is 164 g/mol. The van der Waals surface area contributed by atoms with E-state index in [-0.39, 0.29) is 6.42 Å². The number of hydrogen-bond acceptors (Lipinski definition) is 1. The van der Waals surface area contributed by atoms with E-state index >= 15 is 0 Å². The molecular formula is C8H15F2NO. The SMILES string of the molecule is CC(C)CCCCC(=O)N(F)F. The monoisotopic (exact) mass is 179 g/mol. The fourth-order valence-corrected chi connectivity index (χ4v) is 0.913. The van der Waals surface area contributed by atoms with E-state index in [4.69, 9.17) is 0 Å². The van der Waals surface area contributed by atoms with E-state index in [0.717, 1.165) is 12.8 Å². The Morgan fingerprint density at radius 2 is 1.92 bits per heavy atom. The second-order valence-corrected chi connectivity index (χ2v) is 3.27. The summed E-state index contributed by atoms with van der Waals surface area (Å²) in [6.07, 6.45) is 2.35. The van der Waals surface area contributed by atoms with Crippen molar-refractivity contribution < 1.29 is 13.8 Å². The van der Waals surface area contributed by atoms with Crippen LogP contribution >= 0.6 is 0 Å². The van der Waals surface area contributed by atoms with Gasteiger partial charge in [0.2, 0.25) is 0 Å². The molecule has 0 unspecified atom stereocenters. The van der Waals surface area contributed by atoms with Gasteiger partial charge in [0.15, 0.2) is 0 Å². The molecule has 0 spiro atoms. The summed E-state index contributed by atoms with van der Waals surface area (Å²) in [4.78, 5) is 10.4. The first-order valence-electron chi connectivity index (χ1n) is 4.18. The van der Waals surface area contributed by atoms with Crippen LogP contribution in [-0.2, 0) is 4.79 Å². The molecule has 0 bridgehead atoms. The third-order valence-corrected chi connectivity index (χ3v) is 1.61. The summed E-state index contributed by atoms with van der Waals surface area (Å²) in [5.41, 5.74) is 0. The van der Waals surface area contributed by atoms with E-state index in [9.17, 15) is 13.8 Å². The van der Waals surface area contributed by atoms with E-state index in [1.165, 1.54) is 0 Å². The summed E-state index contributed by atoms with van der Waals surface area (Å²) in [6, 6.07) is 0. The fraction of sp³-hybridized carbons (Fsp3) is 0.875. The van der Waals surface area contributed by atoms with E-state index in [2.05, 4.69) is 13.8 Å². The first kappa shape index (κ1) is 11.3. The maximum Gasteiger partial charge on any atom is 0.283 e. The minimum absolute atomic E-state index is 0.0419. The number of nitrogens with zero attached hydrogens (tertiary/aromatic N) is 1. The van der Waals surface area contributed by atoms with Crippen LogP contribution in [0.15, 0.2) is 0 Å². The van der Waals surface area contributed by atoms with Gasteiger partial charge in [-0.15, -0.1) is 0 Å². The van der Waals surface area contributed by atoms with Gasteiger partial charge in [0.05, 0.1) is 0 Å². The Morgan fingerprint density at radius 1 is 1.33 bits per heavy atom. The van der Waals surface area contributed by atoms with Gasteiger partial charge in [0, 0.05) is 6.42 Å². The van der Waals surface area contributed by atoms with Crippen molar-refractivity contribution in [2.45, 2.75) is 39.5 Å². The van der Waals surface area contributed by atoms with Gasteiger partial charge in [-0.05, 0) is 17.7 Å². The third-order valence-electron chi connectivity index (χ3n) is 1.61.